The highest BCUT2D eigenvalue weighted by Gasteiger charge is 2.33. The number of hydrogen-bond acceptors (Lipinski definition) is 8. The van der Waals surface area contributed by atoms with Gasteiger partial charge in [0.25, 0.3) is 5.91 Å². The summed E-state index contributed by atoms with van der Waals surface area (Å²) in [6, 6.07) is 5.75. The number of thioether (sulfide) groups is 1. The third-order valence-corrected chi connectivity index (χ3v) is 6.52. The number of methoxy groups -OCH3 is 1. The Morgan fingerprint density at radius 3 is 2.89 bits per heavy atom. The lowest BCUT2D eigenvalue weighted by molar-refractivity contribution is -0.0327. The molecule has 3 aromatic heterocycles. The monoisotopic (exact) mass is 551 g/mol. The second kappa shape index (κ2) is 11.8. The highest BCUT2D eigenvalue weighted by atomic mass is 32.2. The van der Waals surface area contributed by atoms with E-state index in [2.05, 4.69) is 43.2 Å². The second-order valence-electron chi connectivity index (χ2n) is 8.21. The van der Waals surface area contributed by atoms with Crippen molar-refractivity contribution in [3.8, 4) is 17.7 Å². The number of carbonyl (C=O) groups excluding carboxylic acids is 1. The van der Waals surface area contributed by atoms with Gasteiger partial charge >= 0.3 is 5.51 Å². The number of fused-ring (bicyclic) bond motifs is 1. The van der Waals surface area contributed by atoms with Crippen molar-refractivity contribution in [2.24, 2.45) is 0 Å². The Labute approximate surface area is 220 Å². The Morgan fingerprint density at radius 1 is 1.37 bits per heavy atom. The number of aromatic nitrogens is 3. The summed E-state index contributed by atoms with van der Waals surface area (Å²) in [5.41, 5.74) is -3.77. The van der Waals surface area contributed by atoms with Crippen LogP contribution in [-0.2, 0) is 0 Å². The van der Waals surface area contributed by atoms with E-state index in [1.165, 1.54) is 37.0 Å². The molecule has 1 fully saturated rings. The van der Waals surface area contributed by atoms with Crippen LogP contribution in [0.5, 0.6) is 5.88 Å². The molecular formula is C24H25F4N7O2S. The maximum atomic E-state index is 14.4. The molecule has 4 heterocycles. The number of pyridine rings is 2. The first-order chi connectivity index (χ1) is 18.2. The Balaban J connectivity index is 1.62. The number of carbonyl (C=O) groups is 1. The fraction of sp³-hybridized carbons (Fsp3) is 0.375. The molecule has 202 valence electrons. The van der Waals surface area contributed by atoms with Crippen molar-refractivity contribution in [1.82, 2.24) is 25.2 Å². The van der Waals surface area contributed by atoms with Crippen LogP contribution in [0.1, 0.15) is 22.5 Å². The van der Waals surface area contributed by atoms with Gasteiger partial charge in [-0.05, 0) is 48.8 Å². The van der Waals surface area contributed by atoms with Crippen molar-refractivity contribution in [3.05, 3.63) is 41.7 Å². The normalized spacial score (nSPS) is 17.4. The molecular weight excluding hydrogens is 526 g/mol. The second-order valence-corrected chi connectivity index (χ2v) is 9.28. The fourth-order valence-corrected chi connectivity index (χ4v) is 4.58. The van der Waals surface area contributed by atoms with Crippen LogP contribution in [0.15, 0.2) is 35.4 Å². The molecule has 0 unspecified atom stereocenters. The van der Waals surface area contributed by atoms with Crippen LogP contribution in [0.25, 0.3) is 5.52 Å². The van der Waals surface area contributed by atoms with Crippen molar-refractivity contribution in [2.45, 2.75) is 29.0 Å². The first-order valence-electron chi connectivity index (χ1n) is 11.6. The average Bonchev–Trinajstić information content (AvgIpc) is 3.24. The minimum atomic E-state index is -4.57. The molecule has 0 radical (unpaired) electrons. The van der Waals surface area contributed by atoms with Crippen molar-refractivity contribution in [3.63, 3.8) is 0 Å². The lowest BCUT2D eigenvalue weighted by Crippen LogP contribution is -2.45. The summed E-state index contributed by atoms with van der Waals surface area (Å²) in [4.78, 5) is 15.8. The molecule has 9 nitrogen and oxygen atoms in total. The minimum absolute atomic E-state index is 0.00292. The summed E-state index contributed by atoms with van der Waals surface area (Å²) in [5.74, 6) is 5.72. The Bertz CT molecular complexity index is 1370. The Kier molecular flexibility index (Phi) is 8.48. The number of piperidine rings is 1. The van der Waals surface area contributed by atoms with Crippen LogP contribution < -0.4 is 26.0 Å². The van der Waals surface area contributed by atoms with Crippen molar-refractivity contribution in [2.75, 3.05) is 44.4 Å². The highest BCUT2D eigenvalue weighted by molar-refractivity contribution is 8.00. The first kappa shape index (κ1) is 27.3. The lowest BCUT2D eigenvalue weighted by atomic mass is 10.1. The number of hydrogen-bond donors (Lipinski definition) is 4. The van der Waals surface area contributed by atoms with E-state index in [1.54, 1.807) is 12.1 Å². The molecule has 14 heteroatoms. The van der Waals surface area contributed by atoms with Crippen molar-refractivity contribution in [1.29, 1.82) is 0 Å². The quantitative estimate of drug-likeness (QED) is 0.202. The van der Waals surface area contributed by atoms with E-state index in [0.29, 0.717) is 24.5 Å². The zero-order chi connectivity index (χ0) is 27.3. The van der Waals surface area contributed by atoms with Crippen LogP contribution in [-0.4, -0.2) is 72.0 Å². The predicted octanol–water partition coefficient (Wildman–Crippen LogP) is 3.28. The lowest BCUT2D eigenvalue weighted by Gasteiger charge is -2.28. The molecule has 0 bridgehead atoms. The van der Waals surface area contributed by atoms with E-state index in [1.807, 2.05) is 0 Å². The Morgan fingerprint density at radius 2 is 2.18 bits per heavy atom. The molecule has 1 amide bonds. The van der Waals surface area contributed by atoms with Gasteiger partial charge in [0.2, 0.25) is 5.88 Å². The summed E-state index contributed by atoms with van der Waals surface area (Å²) in [6.07, 6.45) is 0.713. The van der Waals surface area contributed by atoms with Gasteiger partial charge in [0.1, 0.15) is 17.7 Å². The molecule has 1 saturated heterocycles. The standard InChI is InChI=1S/C24H25F4N7O2S/c1-29-22(36)14-11-18(23(37-2)32-12-14)31-9-4-5-17-21(38-24(26,27)28)19-6-3-7-20(35(19)34-17)33-16-8-10-30-13-15(16)25/h3,6-7,11-12,15-16,30-31,33H,8-10,13H2,1-2H3,(H,29,36)/t15-,16+/m0/s1. The molecule has 4 rings (SSSR count). The zero-order valence-electron chi connectivity index (χ0n) is 20.4. The molecule has 0 saturated carbocycles. The van der Waals surface area contributed by atoms with Crippen LogP contribution in [0.4, 0.5) is 29.1 Å². The summed E-state index contributed by atoms with van der Waals surface area (Å²) in [6.45, 7) is 0.819. The number of ether oxygens (including phenoxy) is 1. The topological polar surface area (TPSA) is 105 Å². The van der Waals surface area contributed by atoms with Gasteiger partial charge in [0, 0.05) is 19.8 Å². The molecule has 3 aromatic rings. The van der Waals surface area contributed by atoms with Crippen LogP contribution >= 0.6 is 11.8 Å². The van der Waals surface area contributed by atoms with E-state index in [0.717, 1.165) is 0 Å². The highest BCUT2D eigenvalue weighted by Crippen LogP contribution is 2.41. The third-order valence-electron chi connectivity index (χ3n) is 5.68. The molecule has 4 N–H and O–H groups in total. The maximum Gasteiger partial charge on any atom is 0.446 e. The van der Waals surface area contributed by atoms with E-state index < -0.39 is 17.7 Å². The van der Waals surface area contributed by atoms with E-state index >= 15 is 0 Å². The van der Waals surface area contributed by atoms with E-state index in [-0.39, 0.29) is 58.3 Å². The molecule has 1 aliphatic rings. The molecule has 0 aromatic carbocycles. The van der Waals surface area contributed by atoms with Crippen LogP contribution in [0.3, 0.4) is 0 Å². The number of nitrogens with one attached hydrogen (secondary N) is 4. The predicted molar refractivity (Wildman–Crippen MR) is 136 cm³/mol. The van der Waals surface area contributed by atoms with Crippen LogP contribution in [0.2, 0.25) is 0 Å². The molecule has 1 aliphatic heterocycles. The smallest absolute Gasteiger partial charge is 0.446 e. The van der Waals surface area contributed by atoms with Gasteiger partial charge in [0.05, 0.1) is 41.4 Å². The van der Waals surface area contributed by atoms with Crippen molar-refractivity contribution < 1.29 is 27.1 Å². The number of halogens is 4. The van der Waals surface area contributed by atoms with Gasteiger partial charge in [-0.25, -0.2) is 13.9 Å². The van der Waals surface area contributed by atoms with Gasteiger partial charge < -0.3 is 26.0 Å². The van der Waals surface area contributed by atoms with Gasteiger partial charge in [-0.15, -0.1) is 0 Å². The van der Waals surface area contributed by atoms with Crippen molar-refractivity contribution >= 4 is 34.7 Å². The van der Waals surface area contributed by atoms with Gasteiger partial charge in [-0.3, -0.25) is 4.79 Å². The minimum Gasteiger partial charge on any atom is -0.480 e. The van der Waals surface area contributed by atoms with E-state index in [9.17, 15) is 22.4 Å². The number of anilines is 2. The largest absolute Gasteiger partial charge is 0.480 e. The summed E-state index contributed by atoms with van der Waals surface area (Å²) >= 11 is -0.306. The van der Waals surface area contributed by atoms with Gasteiger partial charge in [-0.2, -0.15) is 18.3 Å². The summed E-state index contributed by atoms with van der Waals surface area (Å²) in [7, 11) is 2.90. The van der Waals surface area contributed by atoms with Crippen LogP contribution in [0, 0.1) is 11.8 Å². The number of rotatable bonds is 7. The molecule has 2 atom stereocenters. The zero-order valence-corrected chi connectivity index (χ0v) is 21.3. The summed E-state index contributed by atoms with van der Waals surface area (Å²) < 4.78 is 61.1. The summed E-state index contributed by atoms with van der Waals surface area (Å²) in [5, 5.41) is 15.8. The first-order valence-corrected chi connectivity index (χ1v) is 12.4. The molecule has 38 heavy (non-hydrogen) atoms. The van der Waals surface area contributed by atoms with E-state index in [4.69, 9.17) is 4.74 Å². The SMILES string of the molecule is CNC(=O)c1cnc(OC)c(NCC#Cc2nn3c(N[C@@H]4CCNC[C@@H]4F)cccc3c2SC(F)(F)F)c1. The van der Waals surface area contributed by atoms with Gasteiger partial charge in [-0.1, -0.05) is 12.0 Å². The molecule has 0 aliphatic carbocycles. The molecule has 0 spiro atoms. The average molecular weight is 552 g/mol. The third kappa shape index (κ3) is 6.40. The maximum absolute atomic E-state index is 14.4. The fourth-order valence-electron chi connectivity index (χ4n) is 3.91. The number of amides is 1. The number of alkyl halides is 4. The van der Waals surface area contributed by atoms with Gasteiger partial charge in [0.15, 0.2) is 0 Å². The Hall–Kier alpha value is -3.70. The number of nitrogens with zero attached hydrogens (tertiary/aromatic N) is 3.